The van der Waals surface area contributed by atoms with Gasteiger partial charge in [0.25, 0.3) is 0 Å². The molecule has 126 valence electrons. The van der Waals surface area contributed by atoms with Crippen molar-refractivity contribution < 1.29 is 19.4 Å². The van der Waals surface area contributed by atoms with Gasteiger partial charge in [-0.1, -0.05) is 6.07 Å². The average molecular weight is 328 g/mol. The highest BCUT2D eigenvalue weighted by Gasteiger charge is 2.28. The molecule has 0 aliphatic carbocycles. The maximum Gasteiger partial charge on any atom is 0.354 e. The molecule has 6 nitrogen and oxygen atoms in total. The quantitative estimate of drug-likeness (QED) is 0.878. The van der Waals surface area contributed by atoms with Gasteiger partial charge < -0.3 is 19.5 Å². The predicted molar refractivity (Wildman–Crippen MR) is 90.1 cm³/mol. The van der Waals surface area contributed by atoms with E-state index in [-0.39, 0.29) is 5.69 Å². The predicted octanol–water partition coefficient (Wildman–Crippen LogP) is 2.48. The van der Waals surface area contributed by atoms with Crippen LogP contribution in [0.4, 0.5) is 5.82 Å². The fourth-order valence-electron chi connectivity index (χ4n) is 2.92. The molecule has 2 aromatic rings. The summed E-state index contributed by atoms with van der Waals surface area (Å²) < 4.78 is 10.6. The van der Waals surface area contributed by atoms with Gasteiger partial charge in [-0.3, -0.25) is 0 Å². The van der Waals surface area contributed by atoms with Crippen LogP contribution in [0.5, 0.6) is 11.5 Å². The Hall–Kier alpha value is -2.76. The SMILES string of the molecule is COc1cc(CC2CN(c3cccc(C(=O)O)n3)C2)cc(OC)c1. The van der Waals surface area contributed by atoms with Crippen molar-refractivity contribution in [2.24, 2.45) is 5.92 Å². The third kappa shape index (κ3) is 3.42. The molecule has 0 saturated carbocycles. The maximum atomic E-state index is 11.0. The summed E-state index contributed by atoms with van der Waals surface area (Å²) in [5.74, 6) is 1.79. The average Bonchev–Trinajstić information content (AvgIpc) is 2.57. The zero-order valence-corrected chi connectivity index (χ0v) is 13.7. The van der Waals surface area contributed by atoms with Crippen molar-refractivity contribution in [2.75, 3.05) is 32.2 Å². The van der Waals surface area contributed by atoms with Crippen LogP contribution in [-0.4, -0.2) is 43.4 Å². The number of nitrogens with zero attached hydrogens (tertiary/aromatic N) is 2. The summed E-state index contributed by atoms with van der Waals surface area (Å²) in [6.45, 7) is 1.71. The van der Waals surface area contributed by atoms with Crippen LogP contribution >= 0.6 is 0 Å². The van der Waals surface area contributed by atoms with E-state index in [4.69, 9.17) is 14.6 Å². The van der Waals surface area contributed by atoms with E-state index in [1.807, 2.05) is 24.3 Å². The molecule has 1 saturated heterocycles. The minimum atomic E-state index is -1.00. The Balaban J connectivity index is 1.63. The highest BCUT2D eigenvalue weighted by Crippen LogP contribution is 2.29. The number of aromatic nitrogens is 1. The molecule has 1 aliphatic heterocycles. The van der Waals surface area contributed by atoms with Gasteiger partial charge in [0.05, 0.1) is 14.2 Å². The zero-order chi connectivity index (χ0) is 17.1. The van der Waals surface area contributed by atoms with Crippen LogP contribution in [0.1, 0.15) is 16.1 Å². The molecule has 0 amide bonds. The van der Waals surface area contributed by atoms with Crippen LogP contribution in [0, 0.1) is 5.92 Å². The number of ether oxygens (including phenoxy) is 2. The van der Waals surface area contributed by atoms with Crippen LogP contribution in [0.25, 0.3) is 0 Å². The number of methoxy groups -OCH3 is 2. The van der Waals surface area contributed by atoms with Crippen LogP contribution in [0.2, 0.25) is 0 Å². The molecule has 3 rings (SSSR count). The summed E-state index contributed by atoms with van der Waals surface area (Å²) in [4.78, 5) is 17.3. The van der Waals surface area contributed by atoms with Gasteiger partial charge in [-0.25, -0.2) is 9.78 Å². The highest BCUT2D eigenvalue weighted by molar-refractivity contribution is 5.85. The van der Waals surface area contributed by atoms with E-state index in [2.05, 4.69) is 9.88 Å². The number of hydrogen-bond acceptors (Lipinski definition) is 5. The summed E-state index contributed by atoms with van der Waals surface area (Å²) in [5, 5.41) is 9.02. The fourth-order valence-corrected chi connectivity index (χ4v) is 2.92. The number of rotatable bonds is 6. The lowest BCUT2D eigenvalue weighted by Gasteiger charge is -2.40. The molecular weight excluding hydrogens is 308 g/mol. The van der Waals surface area contributed by atoms with Crippen LogP contribution in [0.15, 0.2) is 36.4 Å². The molecular formula is C18H20N2O4. The van der Waals surface area contributed by atoms with Gasteiger partial charge >= 0.3 is 5.97 Å². The first kappa shape index (κ1) is 16.1. The first-order valence-corrected chi connectivity index (χ1v) is 7.76. The molecule has 0 bridgehead atoms. The summed E-state index contributed by atoms with van der Waals surface area (Å²) in [5.41, 5.74) is 1.25. The number of aromatic carboxylic acids is 1. The lowest BCUT2D eigenvalue weighted by Crippen LogP contribution is -2.48. The second-order valence-corrected chi connectivity index (χ2v) is 5.88. The number of carboxylic acid groups (broad SMARTS) is 1. The number of carbonyl (C=O) groups is 1. The Kier molecular flexibility index (Phi) is 4.55. The van der Waals surface area contributed by atoms with Crippen molar-refractivity contribution in [3.8, 4) is 11.5 Å². The van der Waals surface area contributed by atoms with Gasteiger partial charge in [-0.2, -0.15) is 0 Å². The molecule has 1 aromatic carbocycles. The lowest BCUT2D eigenvalue weighted by atomic mass is 9.92. The van der Waals surface area contributed by atoms with Gasteiger partial charge in [0.15, 0.2) is 5.69 Å². The standard InChI is InChI=1S/C18H20N2O4/c1-23-14-7-12(8-15(9-14)24-2)6-13-10-20(11-13)17-5-3-4-16(19-17)18(21)22/h3-5,7-9,13H,6,10-11H2,1-2H3,(H,21,22). The maximum absolute atomic E-state index is 11.0. The molecule has 0 unspecified atom stereocenters. The molecule has 0 radical (unpaired) electrons. The van der Waals surface area contributed by atoms with E-state index >= 15 is 0 Å². The van der Waals surface area contributed by atoms with E-state index in [0.29, 0.717) is 5.92 Å². The Bertz CT molecular complexity index is 719. The van der Waals surface area contributed by atoms with E-state index in [1.54, 1.807) is 20.3 Å². The molecule has 1 aromatic heterocycles. The van der Waals surface area contributed by atoms with Crippen LogP contribution in [-0.2, 0) is 6.42 Å². The van der Waals surface area contributed by atoms with Crippen LogP contribution in [0.3, 0.4) is 0 Å². The second kappa shape index (κ2) is 6.78. The Labute approximate surface area is 140 Å². The smallest absolute Gasteiger partial charge is 0.354 e. The minimum Gasteiger partial charge on any atom is -0.497 e. The van der Waals surface area contributed by atoms with Gasteiger partial charge in [0.1, 0.15) is 17.3 Å². The summed E-state index contributed by atoms with van der Waals surface area (Å²) >= 11 is 0. The number of hydrogen-bond donors (Lipinski definition) is 1. The lowest BCUT2D eigenvalue weighted by molar-refractivity contribution is 0.0690. The van der Waals surface area contributed by atoms with Crippen molar-refractivity contribution in [3.05, 3.63) is 47.7 Å². The minimum absolute atomic E-state index is 0.0773. The number of anilines is 1. The van der Waals surface area contributed by atoms with E-state index in [0.717, 1.165) is 36.8 Å². The second-order valence-electron chi connectivity index (χ2n) is 5.88. The largest absolute Gasteiger partial charge is 0.497 e. The van der Waals surface area contributed by atoms with Crippen molar-refractivity contribution in [2.45, 2.75) is 6.42 Å². The molecule has 24 heavy (non-hydrogen) atoms. The summed E-state index contributed by atoms with van der Waals surface area (Å²) in [6.07, 6.45) is 0.919. The molecule has 0 atom stereocenters. The number of carboxylic acids is 1. The normalized spacial score (nSPS) is 14.2. The molecule has 2 heterocycles. The third-order valence-electron chi connectivity index (χ3n) is 4.17. The first-order valence-electron chi connectivity index (χ1n) is 7.76. The molecule has 6 heteroatoms. The number of benzene rings is 1. The van der Waals surface area contributed by atoms with E-state index < -0.39 is 5.97 Å². The van der Waals surface area contributed by atoms with Crippen molar-refractivity contribution >= 4 is 11.8 Å². The Morgan fingerprint density at radius 2 is 1.88 bits per heavy atom. The third-order valence-corrected chi connectivity index (χ3v) is 4.17. The first-order chi connectivity index (χ1) is 11.6. The van der Waals surface area contributed by atoms with E-state index in [9.17, 15) is 4.79 Å². The van der Waals surface area contributed by atoms with Crippen molar-refractivity contribution in [1.82, 2.24) is 4.98 Å². The molecule has 1 aliphatic rings. The monoisotopic (exact) mass is 328 g/mol. The molecule has 0 spiro atoms. The van der Waals surface area contributed by atoms with E-state index in [1.165, 1.54) is 11.6 Å². The number of pyridine rings is 1. The summed E-state index contributed by atoms with van der Waals surface area (Å²) in [7, 11) is 3.29. The molecule has 1 fully saturated rings. The fraction of sp³-hybridized carbons (Fsp3) is 0.333. The van der Waals surface area contributed by atoms with Gasteiger partial charge in [-0.15, -0.1) is 0 Å². The Morgan fingerprint density at radius 1 is 1.21 bits per heavy atom. The van der Waals surface area contributed by atoms with Crippen molar-refractivity contribution in [3.63, 3.8) is 0 Å². The highest BCUT2D eigenvalue weighted by atomic mass is 16.5. The zero-order valence-electron chi connectivity index (χ0n) is 13.7. The molecule has 1 N–H and O–H groups in total. The van der Waals surface area contributed by atoms with Crippen LogP contribution < -0.4 is 14.4 Å². The summed E-state index contributed by atoms with van der Waals surface area (Å²) in [6, 6.07) is 11.0. The van der Waals surface area contributed by atoms with Gasteiger partial charge in [0, 0.05) is 19.2 Å². The Morgan fingerprint density at radius 3 is 2.46 bits per heavy atom. The topological polar surface area (TPSA) is 71.9 Å². The van der Waals surface area contributed by atoms with Gasteiger partial charge in [0.2, 0.25) is 0 Å². The van der Waals surface area contributed by atoms with Crippen molar-refractivity contribution in [1.29, 1.82) is 0 Å². The van der Waals surface area contributed by atoms with Gasteiger partial charge in [-0.05, 0) is 42.2 Å².